The van der Waals surface area contributed by atoms with E-state index in [1.165, 1.54) is 9.13 Å². The van der Waals surface area contributed by atoms with Gasteiger partial charge in [0.05, 0.1) is 18.1 Å². The van der Waals surface area contributed by atoms with Gasteiger partial charge in [-0.05, 0) is 47.2 Å². The van der Waals surface area contributed by atoms with Crippen LogP contribution in [0.1, 0.15) is 5.56 Å². The van der Waals surface area contributed by atoms with Crippen LogP contribution in [0, 0.1) is 10.5 Å². The van der Waals surface area contributed by atoms with E-state index in [4.69, 9.17) is 0 Å². The minimum atomic E-state index is 1.09. The molecule has 3 nitrogen and oxygen atoms in total. The molecular formula is C9H8IN3. The molecule has 0 unspecified atom stereocenters. The molecule has 66 valence electrons. The Balaban J connectivity index is 2.59. The van der Waals surface area contributed by atoms with Crippen LogP contribution in [0.4, 0.5) is 0 Å². The predicted molar refractivity (Wildman–Crippen MR) is 58.8 cm³/mol. The molecule has 1 aromatic carbocycles. The van der Waals surface area contributed by atoms with Crippen LogP contribution in [0.15, 0.2) is 30.6 Å². The summed E-state index contributed by atoms with van der Waals surface area (Å²) in [4.78, 5) is 0. The molecular weight excluding hydrogens is 277 g/mol. The van der Waals surface area contributed by atoms with Gasteiger partial charge in [0.1, 0.15) is 0 Å². The summed E-state index contributed by atoms with van der Waals surface area (Å²) in [6.07, 6.45) is 3.53. The molecule has 0 atom stereocenters. The third kappa shape index (κ3) is 1.58. The van der Waals surface area contributed by atoms with Crippen LogP contribution in [0.2, 0.25) is 0 Å². The summed E-state index contributed by atoms with van der Waals surface area (Å²) in [6.45, 7) is 2.08. The summed E-state index contributed by atoms with van der Waals surface area (Å²) in [5, 5.41) is 7.73. The summed E-state index contributed by atoms with van der Waals surface area (Å²) in [6, 6.07) is 6.13. The van der Waals surface area contributed by atoms with Crippen molar-refractivity contribution < 1.29 is 0 Å². The highest BCUT2D eigenvalue weighted by atomic mass is 127. The number of halogens is 1. The molecule has 4 heteroatoms. The SMILES string of the molecule is Cc1c(I)cccc1-n1ccnn1. The summed E-state index contributed by atoms with van der Waals surface area (Å²) in [5.41, 5.74) is 2.32. The number of hydrogen-bond acceptors (Lipinski definition) is 2. The van der Waals surface area contributed by atoms with E-state index in [0.29, 0.717) is 0 Å². The van der Waals surface area contributed by atoms with Crippen molar-refractivity contribution in [3.8, 4) is 5.69 Å². The Morgan fingerprint density at radius 2 is 2.23 bits per heavy atom. The molecule has 0 aliphatic rings. The molecule has 0 radical (unpaired) electrons. The van der Waals surface area contributed by atoms with E-state index in [0.717, 1.165) is 5.69 Å². The molecule has 0 bridgehead atoms. The fourth-order valence-corrected chi connectivity index (χ4v) is 1.66. The van der Waals surface area contributed by atoms with Gasteiger partial charge in [0.15, 0.2) is 0 Å². The lowest BCUT2D eigenvalue weighted by Gasteiger charge is -2.05. The second-order valence-corrected chi connectivity index (χ2v) is 3.89. The van der Waals surface area contributed by atoms with Gasteiger partial charge in [0.25, 0.3) is 0 Å². The zero-order valence-corrected chi connectivity index (χ0v) is 9.26. The molecule has 13 heavy (non-hydrogen) atoms. The maximum absolute atomic E-state index is 3.95. The highest BCUT2D eigenvalue weighted by Crippen LogP contribution is 2.18. The molecule has 0 aliphatic carbocycles. The van der Waals surface area contributed by atoms with Crippen LogP contribution in [0.5, 0.6) is 0 Å². The van der Waals surface area contributed by atoms with Crippen molar-refractivity contribution in [2.45, 2.75) is 6.92 Å². The van der Waals surface area contributed by atoms with E-state index in [9.17, 15) is 0 Å². The zero-order valence-electron chi connectivity index (χ0n) is 7.11. The fourth-order valence-electron chi connectivity index (χ4n) is 1.18. The maximum Gasteiger partial charge on any atom is 0.0703 e. The molecule has 2 rings (SSSR count). The van der Waals surface area contributed by atoms with Gasteiger partial charge in [-0.1, -0.05) is 11.3 Å². The number of hydrogen-bond donors (Lipinski definition) is 0. The van der Waals surface area contributed by atoms with Gasteiger partial charge in [-0.3, -0.25) is 0 Å². The highest BCUT2D eigenvalue weighted by molar-refractivity contribution is 14.1. The third-order valence-corrected chi connectivity index (χ3v) is 3.08. The molecule has 0 fully saturated rings. The predicted octanol–water partition coefficient (Wildman–Crippen LogP) is 2.18. The first-order valence-corrected chi connectivity index (χ1v) is 4.99. The van der Waals surface area contributed by atoms with Crippen LogP contribution >= 0.6 is 22.6 Å². The van der Waals surface area contributed by atoms with Crippen molar-refractivity contribution >= 4 is 22.6 Å². The van der Waals surface area contributed by atoms with Crippen LogP contribution in [-0.4, -0.2) is 15.0 Å². The number of benzene rings is 1. The van der Waals surface area contributed by atoms with Gasteiger partial charge >= 0.3 is 0 Å². The van der Waals surface area contributed by atoms with Crippen molar-refractivity contribution in [1.82, 2.24) is 15.0 Å². The summed E-state index contributed by atoms with van der Waals surface area (Å²) < 4.78 is 3.02. The number of nitrogens with zero attached hydrogens (tertiary/aromatic N) is 3. The maximum atomic E-state index is 3.95. The monoisotopic (exact) mass is 285 g/mol. The van der Waals surface area contributed by atoms with Crippen LogP contribution in [0.3, 0.4) is 0 Å². The Morgan fingerprint density at radius 1 is 1.38 bits per heavy atom. The van der Waals surface area contributed by atoms with Gasteiger partial charge in [0, 0.05) is 3.57 Å². The summed E-state index contributed by atoms with van der Waals surface area (Å²) >= 11 is 2.31. The van der Waals surface area contributed by atoms with Crippen molar-refractivity contribution in [3.05, 3.63) is 39.7 Å². The standard InChI is InChI=1S/C9H8IN3/c1-7-8(10)3-2-4-9(7)13-6-5-11-12-13/h2-6H,1H3. The normalized spacial score (nSPS) is 10.3. The average Bonchev–Trinajstić information content (AvgIpc) is 2.62. The van der Waals surface area contributed by atoms with Gasteiger partial charge in [-0.2, -0.15) is 0 Å². The van der Waals surface area contributed by atoms with E-state index in [1.54, 1.807) is 10.9 Å². The summed E-state index contributed by atoms with van der Waals surface area (Å²) in [5.74, 6) is 0. The first kappa shape index (κ1) is 8.68. The lowest BCUT2D eigenvalue weighted by Crippen LogP contribution is -1.98. The Labute approximate surface area is 89.9 Å². The van der Waals surface area contributed by atoms with Crippen LogP contribution < -0.4 is 0 Å². The minimum Gasteiger partial charge on any atom is -0.220 e. The third-order valence-electron chi connectivity index (χ3n) is 1.91. The van der Waals surface area contributed by atoms with Crippen LogP contribution in [-0.2, 0) is 0 Å². The molecule has 0 spiro atoms. The lowest BCUT2D eigenvalue weighted by molar-refractivity contribution is 0.798. The second kappa shape index (κ2) is 3.45. The molecule has 0 aliphatic heterocycles. The Morgan fingerprint density at radius 3 is 2.92 bits per heavy atom. The molecule has 0 saturated heterocycles. The molecule has 0 amide bonds. The van der Waals surface area contributed by atoms with Gasteiger partial charge in [0.2, 0.25) is 0 Å². The van der Waals surface area contributed by atoms with Gasteiger partial charge in [-0.15, -0.1) is 5.10 Å². The van der Waals surface area contributed by atoms with Crippen LogP contribution in [0.25, 0.3) is 5.69 Å². The van der Waals surface area contributed by atoms with Gasteiger partial charge < -0.3 is 0 Å². The Hall–Kier alpha value is -0.910. The Kier molecular flexibility index (Phi) is 2.30. The van der Waals surface area contributed by atoms with E-state index < -0.39 is 0 Å². The zero-order chi connectivity index (χ0) is 9.26. The summed E-state index contributed by atoms with van der Waals surface area (Å²) in [7, 11) is 0. The Bertz CT molecular complexity index is 409. The minimum absolute atomic E-state index is 1.09. The van der Waals surface area contributed by atoms with Crippen molar-refractivity contribution in [3.63, 3.8) is 0 Å². The molecule has 0 saturated carbocycles. The highest BCUT2D eigenvalue weighted by Gasteiger charge is 2.03. The van der Waals surface area contributed by atoms with Gasteiger partial charge in [-0.25, -0.2) is 4.68 Å². The molecule has 2 aromatic rings. The molecule has 1 heterocycles. The smallest absolute Gasteiger partial charge is 0.0703 e. The lowest BCUT2D eigenvalue weighted by atomic mass is 10.2. The van der Waals surface area contributed by atoms with E-state index >= 15 is 0 Å². The number of aromatic nitrogens is 3. The second-order valence-electron chi connectivity index (χ2n) is 2.73. The first-order chi connectivity index (χ1) is 6.29. The van der Waals surface area contributed by atoms with Crippen molar-refractivity contribution in [1.29, 1.82) is 0 Å². The first-order valence-electron chi connectivity index (χ1n) is 3.91. The van der Waals surface area contributed by atoms with Crippen molar-refractivity contribution in [2.75, 3.05) is 0 Å². The number of rotatable bonds is 1. The fraction of sp³-hybridized carbons (Fsp3) is 0.111. The van der Waals surface area contributed by atoms with E-state index in [1.807, 2.05) is 18.3 Å². The largest absolute Gasteiger partial charge is 0.220 e. The van der Waals surface area contributed by atoms with E-state index in [2.05, 4.69) is 45.9 Å². The topological polar surface area (TPSA) is 30.7 Å². The quantitative estimate of drug-likeness (QED) is 0.752. The molecule has 0 N–H and O–H groups in total. The van der Waals surface area contributed by atoms with E-state index in [-0.39, 0.29) is 0 Å². The average molecular weight is 285 g/mol. The molecule has 1 aromatic heterocycles. The van der Waals surface area contributed by atoms with Crippen molar-refractivity contribution in [2.24, 2.45) is 0 Å².